The second kappa shape index (κ2) is 9.79. The van der Waals surface area contributed by atoms with Gasteiger partial charge >= 0.3 is 6.03 Å². The molecule has 2 atom stereocenters. The fraction of sp³-hybridized carbons (Fsp3) is 0.480. The molecular formula is C25H27F4N3O4S. The first-order valence-corrected chi connectivity index (χ1v) is 13.7. The summed E-state index contributed by atoms with van der Waals surface area (Å²) in [5.74, 6) is -0.671. The van der Waals surface area contributed by atoms with Crippen LogP contribution in [0.1, 0.15) is 18.4 Å². The third-order valence-electron chi connectivity index (χ3n) is 7.40. The van der Waals surface area contributed by atoms with Crippen molar-refractivity contribution >= 4 is 16.1 Å². The van der Waals surface area contributed by atoms with Crippen LogP contribution in [0.2, 0.25) is 0 Å². The Kier molecular flexibility index (Phi) is 6.82. The van der Waals surface area contributed by atoms with E-state index in [1.54, 1.807) is 30.3 Å². The molecule has 2 bridgehead atoms. The van der Waals surface area contributed by atoms with E-state index in [4.69, 9.17) is 4.74 Å². The Balaban J connectivity index is 1.60. The van der Waals surface area contributed by atoms with Crippen molar-refractivity contribution < 1.29 is 35.5 Å². The molecule has 1 N–H and O–H groups in total. The zero-order valence-electron chi connectivity index (χ0n) is 19.9. The van der Waals surface area contributed by atoms with Crippen molar-refractivity contribution in [1.82, 2.24) is 14.5 Å². The van der Waals surface area contributed by atoms with Crippen LogP contribution in [0.15, 0.2) is 42.5 Å². The molecule has 0 radical (unpaired) electrons. The van der Waals surface area contributed by atoms with Crippen molar-refractivity contribution in [2.75, 3.05) is 32.2 Å². The monoisotopic (exact) mass is 541 g/mol. The highest BCUT2D eigenvalue weighted by Crippen LogP contribution is 2.55. The molecule has 12 heteroatoms. The van der Waals surface area contributed by atoms with Gasteiger partial charge in [-0.1, -0.05) is 36.4 Å². The Morgan fingerprint density at radius 3 is 2.62 bits per heavy atom. The van der Waals surface area contributed by atoms with E-state index < -0.39 is 58.3 Å². The topological polar surface area (TPSA) is 79.0 Å². The number of amides is 2. The number of rotatable bonds is 5. The number of nitrogens with one attached hydrogen (secondary N) is 1. The quantitative estimate of drug-likeness (QED) is 0.585. The Hall–Kier alpha value is -2.86. The number of carbonyl (C=O) groups is 1. The lowest BCUT2D eigenvalue weighted by Crippen LogP contribution is -2.53. The van der Waals surface area contributed by atoms with Gasteiger partial charge in [-0.3, -0.25) is 0 Å². The van der Waals surface area contributed by atoms with Crippen molar-refractivity contribution in [2.45, 2.75) is 37.8 Å². The highest BCUT2D eigenvalue weighted by molar-refractivity contribution is 7.89. The molecule has 2 aliphatic heterocycles. The van der Waals surface area contributed by atoms with Gasteiger partial charge in [0.05, 0.1) is 19.1 Å². The van der Waals surface area contributed by atoms with E-state index in [9.17, 15) is 30.8 Å². The summed E-state index contributed by atoms with van der Waals surface area (Å²) < 4.78 is 87.6. The first kappa shape index (κ1) is 25.8. The molecule has 37 heavy (non-hydrogen) atoms. The van der Waals surface area contributed by atoms with Crippen molar-refractivity contribution in [3.63, 3.8) is 0 Å². The second-order valence-electron chi connectivity index (χ2n) is 9.87. The molecule has 0 aromatic heterocycles. The van der Waals surface area contributed by atoms with Gasteiger partial charge in [0.2, 0.25) is 16.0 Å². The lowest BCUT2D eigenvalue weighted by atomic mass is 9.91. The number of benzene rings is 2. The molecule has 2 fully saturated rings. The molecule has 2 amide bonds. The normalized spacial score (nSPS) is 23.1. The number of sulfonamides is 1. The molecule has 7 nitrogen and oxygen atoms in total. The van der Waals surface area contributed by atoms with Crippen LogP contribution in [0.4, 0.5) is 22.4 Å². The Morgan fingerprint density at radius 1 is 1.16 bits per heavy atom. The van der Waals surface area contributed by atoms with Gasteiger partial charge in [0, 0.05) is 23.6 Å². The number of para-hydroxylation sites is 1. The van der Waals surface area contributed by atoms with Crippen LogP contribution in [0, 0.1) is 11.2 Å². The smallest absolute Gasteiger partial charge is 0.320 e. The van der Waals surface area contributed by atoms with Crippen LogP contribution in [-0.2, 0) is 16.4 Å². The van der Waals surface area contributed by atoms with E-state index in [1.807, 2.05) is 0 Å². The summed E-state index contributed by atoms with van der Waals surface area (Å²) in [7, 11) is -4.26. The van der Waals surface area contributed by atoms with Gasteiger partial charge < -0.3 is 14.5 Å². The average Bonchev–Trinajstić information content (AvgIpc) is 3.59. The summed E-state index contributed by atoms with van der Waals surface area (Å²) in [5.41, 5.74) is 1.25. The van der Waals surface area contributed by atoms with Gasteiger partial charge in [0.25, 0.3) is 6.43 Å². The molecule has 1 saturated heterocycles. The number of alkyl halides is 3. The summed E-state index contributed by atoms with van der Waals surface area (Å²) in [4.78, 5) is 16.0. The number of nitrogens with zero attached hydrogens (tertiary/aromatic N) is 2. The van der Waals surface area contributed by atoms with Crippen LogP contribution in [0.5, 0.6) is 5.75 Å². The summed E-state index contributed by atoms with van der Waals surface area (Å²) in [6.45, 7) is -1.17. The van der Waals surface area contributed by atoms with Gasteiger partial charge in [-0.25, -0.2) is 35.5 Å². The Morgan fingerprint density at radius 2 is 1.92 bits per heavy atom. The van der Waals surface area contributed by atoms with Crippen LogP contribution < -0.4 is 9.46 Å². The summed E-state index contributed by atoms with van der Waals surface area (Å²) >= 11 is 0. The standard InChI is InChI=1S/C25H27F4N3O4S/c26-15-37(34,35)30-23-20-12-16-3-1-4-17(11-16)18-5-2-6-19(27)22(18)36-10-9-31(13-21(28)29)24(33)32(20)14-25(23)7-8-25/h1-6,11,20-21,23,30H,7-10,12-15H2/t20-,23+/m0/s1. The lowest BCUT2D eigenvalue weighted by Gasteiger charge is -2.33. The first-order valence-electron chi connectivity index (χ1n) is 12.0. The highest BCUT2D eigenvalue weighted by Gasteiger charge is 2.61. The van der Waals surface area contributed by atoms with E-state index in [0.717, 1.165) is 10.5 Å². The van der Waals surface area contributed by atoms with Crippen LogP contribution >= 0.6 is 0 Å². The average molecular weight is 542 g/mol. The third-order valence-corrected chi connectivity index (χ3v) is 8.30. The number of ether oxygens (including phenoxy) is 1. The number of hydrogen-bond donors (Lipinski definition) is 1. The van der Waals surface area contributed by atoms with Crippen molar-refractivity contribution in [3.05, 3.63) is 53.8 Å². The van der Waals surface area contributed by atoms with E-state index >= 15 is 0 Å². The van der Waals surface area contributed by atoms with E-state index in [2.05, 4.69) is 4.72 Å². The highest BCUT2D eigenvalue weighted by atomic mass is 32.2. The molecule has 1 spiro atoms. The molecule has 2 aromatic carbocycles. The fourth-order valence-electron chi connectivity index (χ4n) is 5.50. The van der Waals surface area contributed by atoms with Gasteiger partial charge in [-0.15, -0.1) is 0 Å². The molecule has 0 unspecified atom stereocenters. The number of fused-ring (bicyclic) bond motifs is 5. The molecule has 2 aromatic rings. The Bertz CT molecular complexity index is 1290. The third kappa shape index (κ3) is 5.13. The van der Waals surface area contributed by atoms with Crippen molar-refractivity contribution in [1.29, 1.82) is 0 Å². The second-order valence-corrected chi connectivity index (χ2v) is 11.5. The molecular weight excluding hydrogens is 514 g/mol. The maximum atomic E-state index is 14.7. The van der Waals surface area contributed by atoms with Crippen LogP contribution in [0.25, 0.3) is 11.1 Å². The van der Waals surface area contributed by atoms with E-state index in [-0.39, 0.29) is 31.9 Å². The van der Waals surface area contributed by atoms with Crippen LogP contribution in [-0.4, -0.2) is 75.0 Å². The molecule has 1 aliphatic carbocycles. The SMILES string of the molecule is O=C1N(CC(F)F)CCOc2c(F)cccc2-c2cccc(c2)C[C@H]2[C@@H](NS(=O)(=O)CF)C3(CC3)CN12. The van der Waals surface area contributed by atoms with Crippen LogP contribution in [0.3, 0.4) is 0 Å². The van der Waals surface area contributed by atoms with Gasteiger partial charge in [-0.05, 0) is 36.5 Å². The number of urea groups is 1. The lowest BCUT2D eigenvalue weighted by molar-refractivity contribution is 0.0759. The minimum absolute atomic E-state index is 0.0469. The summed E-state index contributed by atoms with van der Waals surface area (Å²) in [5, 5.41) is 0. The van der Waals surface area contributed by atoms with E-state index in [1.165, 1.54) is 17.0 Å². The largest absolute Gasteiger partial charge is 0.488 e. The zero-order chi connectivity index (χ0) is 26.4. The summed E-state index contributed by atoms with van der Waals surface area (Å²) in [6, 6.07) is 7.77. The van der Waals surface area contributed by atoms with E-state index in [0.29, 0.717) is 24.0 Å². The summed E-state index contributed by atoms with van der Waals surface area (Å²) in [6.07, 6.45) is -1.39. The maximum absolute atomic E-state index is 14.7. The first-order chi connectivity index (χ1) is 17.6. The Labute approximate surface area is 212 Å². The van der Waals surface area contributed by atoms with Gasteiger partial charge in [-0.2, -0.15) is 0 Å². The molecule has 5 rings (SSSR count). The maximum Gasteiger partial charge on any atom is 0.320 e. The van der Waals surface area contributed by atoms with Gasteiger partial charge in [0.15, 0.2) is 11.6 Å². The fourth-order valence-corrected chi connectivity index (χ4v) is 6.36. The minimum Gasteiger partial charge on any atom is -0.488 e. The van der Waals surface area contributed by atoms with Gasteiger partial charge in [0.1, 0.15) is 6.61 Å². The predicted molar refractivity (Wildman–Crippen MR) is 128 cm³/mol. The number of hydrogen-bond acceptors (Lipinski definition) is 4. The number of carbonyl (C=O) groups excluding carboxylic acids is 1. The zero-order valence-corrected chi connectivity index (χ0v) is 20.7. The number of halogens is 4. The molecule has 200 valence electrons. The van der Waals surface area contributed by atoms with Crippen molar-refractivity contribution in [3.8, 4) is 16.9 Å². The minimum atomic E-state index is -4.26. The van der Waals surface area contributed by atoms with Crippen molar-refractivity contribution in [2.24, 2.45) is 5.41 Å². The predicted octanol–water partition coefficient (Wildman–Crippen LogP) is 3.79. The molecule has 3 aliphatic rings. The molecule has 2 heterocycles. The molecule has 1 saturated carbocycles.